The Morgan fingerprint density at radius 2 is 1.25 bits per heavy atom. The Hall–Kier alpha value is -4.04. The average Bonchev–Trinajstić information content (AvgIpc) is 3.63. The summed E-state index contributed by atoms with van der Waals surface area (Å²) in [4.78, 5) is 33.6. The molecule has 12 nitrogen and oxygen atoms in total. The number of nitrogens with zero attached hydrogens (tertiary/aromatic N) is 6. The lowest BCUT2D eigenvalue weighted by molar-refractivity contribution is -0.116. The normalized spacial score (nSPS) is 16.8. The van der Waals surface area contributed by atoms with Crippen molar-refractivity contribution in [3.05, 3.63) is 57.8 Å². The van der Waals surface area contributed by atoms with Crippen LogP contribution >= 0.6 is 22.7 Å². The smallest absolute Gasteiger partial charge is 0.232 e. The summed E-state index contributed by atoms with van der Waals surface area (Å²) in [6.45, 7) is 0. The van der Waals surface area contributed by atoms with Gasteiger partial charge >= 0.3 is 0 Å². The van der Waals surface area contributed by atoms with Gasteiger partial charge in [0.25, 0.3) is 0 Å². The van der Waals surface area contributed by atoms with Crippen LogP contribution in [0.3, 0.4) is 0 Å². The van der Waals surface area contributed by atoms with E-state index in [1.165, 1.54) is 36.9 Å². The molecule has 4 heterocycles. The molecule has 0 unspecified atom stereocenters. The maximum Gasteiger partial charge on any atom is 0.232 e. The van der Waals surface area contributed by atoms with Gasteiger partial charge in [-0.25, -0.2) is 9.97 Å². The van der Waals surface area contributed by atoms with Gasteiger partial charge < -0.3 is 20.1 Å². The first-order valence-electron chi connectivity index (χ1n) is 12.8. The highest BCUT2D eigenvalue weighted by atomic mass is 32.1. The summed E-state index contributed by atoms with van der Waals surface area (Å²) < 4.78 is 10.2. The van der Waals surface area contributed by atoms with Crippen LogP contribution in [-0.2, 0) is 22.4 Å². The zero-order valence-electron chi connectivity index (χ0n) is 22.0. The number of ether oxygens (including phenoxy) is 2. The Kier molecular flexibility index (Phi) is 8.86. The Bertz CT molecular complexity index is 1370. The van der Waals surface area contributed by atoms with Gasteiger partial charge in [0.05, 0.1) is 38.4 Å². The lowest BCUT2D eigenvalue weighted by atomic mass is 9.82. The lowest BCUT2D eigenvalue weighted by Crippen LogP contribution is -2.15. The molecule has 0 aliphatic heterocycles. The molecule has 2 amide bonds. The molecule has 0 saturated heterocycles. The van der Waals surface area contributed by atoms with E-state index in [0.717, 1.165) is 35.7 Å². The number of methoxy groups -OCH3 is 2. The quantitative estimate of drug-likeness (QED) is 0.281. The van der Waals surface area contributed by atoms with E-state index in [4.69, 9.17) is 9.47 Å². The van der Waals surface area contributed by atoms with E-state index in [9.17, 15) is 9.59 Å². The second-order valence-corrected chi connectivity index (χ2v) is 11.3. The second kappa shape index (κ2) is 12.9. The van der Waals surface area contributed by atoms with Crippen molar-refractivity contribution in [3.63, 3.8) is 0 Å². The number of rotatable bonds is 10. The van der Waals surface area contributed by atoms with Crippen LogP contribution in [0.25, 0.3) is 0 Å². The van der Waals surface area contributed by atoms with Gasteiger partial charge in [-0.2, -0.15) is 0 Å². The maximum absolute atomic E-state index is 12.5. The third-order valence-electron chi connectivity index (χ3n) is 6.41. The Balaban J connectivity index is 1.14. The first kappa shape index (κ1) is 27.5. The number of amides is 2. The summed E-state index contributed by atoms with van der Waals surface area (Å²) in [6.07, 6.45) is 4.08. The van der Waals surface area contributed by atoms with Gasteiger partial charge in [0.2, 0.25) is 33.8 Å². The fourth-order valence-corrected chi connectivity index (χ4v) is 6.35. The molecule has 0 aromatic carbocycles. The van der Waals surface area contributed by atoms with Crippen molar-refractivity contribution in [2.75, 3.05) is 24.9 Å². The Morgan fingerprint density at radius 1 is 0.775 bits per heavy atom. The molecule has 1 aliphatic rings. The summed E-state index contributed by atoms with van der Waals surface area (Å²) in [5, 5.41) is 25.5. The fraction of sp³-hybridized carbons (Fsp3) is 0.385. The van der Waals surface area contributed by atoms with Crippen LogP contribution in [0.4, 0.5) is 10.3 Å². The highest BCUT2D eigenvalue weighted by molar-refractivity contribution is 7.15. The number of hydrogen-bond acceptors (Lipinski definition) is 12. The highest BCUT2D eigenvalue weighted by Gasteiger charge is 2.29. The number of pyridine rings is 2. The largest absolute Gasteiger partial charge is 0.481 e. The molecule has 0 bridgehead atoms. The molecule has 1 saturated carbocycles. The van der Waals surface area contributed by atoms with E-state index in [2.05, 4.69) is 41.0 Å². The number of carbonyl (C=O) groups excluding carboxylic acids is 2. The van der Waals surface area contributed by atoms with Crippen molar-refractivity contribution < 1.29 is 19.1 Å². The Labute approximate surface area is 238 Å². The lowest BCUT2D eigenvalue weighted by Gasteiger charge is -2.25. The minimum absolute atomic E-state index is 0.115. The van der Waals surface area contributed by atoms with Gasteiger partial charge in [-0.15, -0.1) is 20.4 Å². The molecule has 1 fully saturated rings. The zero-order chi connectivity index (χ0) is 27.9. The number of aromatic nitrogens is 6. The van der Waals surface area contributed by atoms with Crippen molar-refractivity contribution in [2.24, 2.45) is 0 Å². The van der Waals surface area contributed by atoms with Crippen LogP contribution < -0.4 is 20.1 Å². The third-order valence-corrected chi connectivity index (χ3v) is 8.41. The maximum atomic E-state index is 12.5. The number of nitrogens with one attached hydrogen (secondary N) is 2. The summed E-state index contributed by atoms with van der Waals surface area (Å²) in [5.74, 6) is 0.925. The van der Waals surface area contributed by atoms with Crippen molar-refractivity contribution >= 4 is 44.8 Å². The van der Waals surface area contributed by atoms with Gasteiger partial charge in [0.1, 0.15) is 10.0 Å². The van der Waals surface area contributed by atoms with Gasteiger partial charge in [-0.1, -0.05) is 41.2 Å². The van der Waals surface area contributed by atoms with Gasteiger partial charge in [0, 0.05) is 24.0 Å². The molecule has 40 heavy (non-hydrogen) atoms. The van der Waals surface area contributed by atoms with E-state index in [1.807, 2.05) is 0 Å². The summed E-state index contributed by atoms with van der Waals surface area (Å²) >= 11 is 2.79. The van der Waals surface area contributed by atoms with Crippen LogP contribution in [0.2, 0.25) is 0 Å². The van der Waals surface area contributed by atoms with Crippen LogP contribution in [-0.4, -0.2) is 56.4 Å². The number of carbonyl (C=O) groups is 2. The van der Waals surface area contributed by atoms with Crippen LogP contribution in [0.5, 0.6) is 11.8 Å². The molecular formula is C26H28N8O4S2. The number of anilines is 2. The molecule has 0 spiro atoms. The minimum atomic E-state index is -0.212. The predicted molar refractivity (Wildman–Crippen MR) is 150 cm³/mol. The van der Waals surface area contributed by atoms with E-state index in [1.54, 1.807) is 36.4 Å². The fourth-order valence-electron chi connectivity index (χ4n) is 4.53. The SMILES string of the molecule is COc1cccc(CC(=O)Nc2nnc([C@H]3CCC[C@H](c4nnc(NC(=O)Cc5cccc(OC)n5)s4)C3)s2)n1. The van der Waals surface area contributed by atoms with Gasteiger partial charge in [-0.05, 0) is 31.4 Å². The van der Waals surface area contributed by atoms with E-state index in [0.29, 0.717) is 33.4 Å². The highest BCUT2D eigenvalue weighted by Crippen LogP contribution is 2.43. The first-order valence-corrected chi connectivity index (χ1v) is 14.4. The zero-order valence-corrected chi connectivity index (χ0v) is 23.6. The molecule has 1 aliphatic carbocycles. The molecule has 2 atom stereocenters. The summed E-state index contributed by atoms with van der Waals surface area (Å²) in [6, 6.07) is 10.6. The molecule has 5 rings (SSSR count). The van der Waals surface area contributed by atoms with Crippen molar-refractivity contribution in [1.82, 2.24) is 30.4 Å². The number of hydrogen-bond donors (Lipinski definition) is 2. The van der Waals surface area contributed by atoms with Crippen LogP contribution in [0, 0.1) is 0 Å². The molecular weight excluding hydrogens is 552 g/mol. The molecule has 208 valence electrons. The van der Waals surface area contributed by atoms with Crippen molar-refractivity contribution in [1.29, 1.82) is 0 Å². The van der Waals surface area contributed by atoms with Crippen molar-refractivity contribution in [2.45, 2.75) is 50.4 Å². The van der Waals surface area contributed by atoms with Gasteiger partial charge in [0.15, 0.2) is 0 Å². The van der Waals surface area contributed by atoms with Crippen LogP contribution in [0.15, 0.2) is 36.4 Å². The standard InChI is InChI=1S/C26H28N8O4S2/c1-37-21-10-4-8-17(27-21)13-19(35)29-25-33-31-23(39-25)15-6-3-7-16(12-15)24-32-34-26(40-24)30-20(36)14-18-9-5-11-22(28-18)38-2/h4-5,8-11,15-16H,3,6-7,12-14H2,1-2H3,(H,29,33,35)(H,30,34,36)/t15-,16-/m0/s1. The predicted octanol–water partition coefficient (Wildman–Crippen LogP) is 4.00. The topological polar surface area (TPSA) is 154 Å². The molecule has 14 heteroatoms. The van der Waals surface area contributed by atoms with Crippen molar-refractivity contribution in [3.8, 4) is 11.8 Å². The monoisotopic (exact) mass is 580 g/mol. The molecule has 4 aromatic rings. The van der Waals surface area contributed by atoms with E-state index >= 15 is 0 Å². The third kappa shape index (κ3) is 7.12. The minimum Gasteiger partial charge on any atom is -0.481 e. The molecule has 0 radical (unpaired) electrons. The summed E-state index contributed by atoms with van der Waals surface area (Å²) in [7, 11) is 3.07. The van der Waals surface area contributed by atoms with E-state index < -0.39 is 0 Å². The molecule has 4 aromatic heterocycles. The summed E-state index contributed by atoms with van der Waals surface area (Å²) in [5.41, 5.74) is 1.22. The van der Waals surface area contributed by atoms with Gasteiger partial charge in [-0.3, -0.25) is 9.59 Å². The van der Waals surface area contributed by atoms with E-state index in [-0.39, 0.29) is 36.5 Å². The van der Waals surface area contributed by atoms with Crippen LogP contribution in [0.1, 0.15) is 58.9 Å². The first-order chi connectivity index (χ1) is 19.5. The molecule has 2 N–H and O–H groups in total. The second-order valence-electron chi connectivity index (χ2n) is 9.24. The average molecular weight is 581 g/mol. The Morgan fingerprint density at radius 3 is 1.70 bits per heavy atom.